The first-order valence-corrected chi connectivity index (χ1v) is 11.4. The molecule has 1 aromatic rings. The fraction of sp³-hybridized carbons (Fsp3) is 0.708. The molecule has 3 aliphatic rings. The molecular formula is C24H35F3N2O. The summed E-state index contributed by atoms with van der Waals surface area (Å²) >= 11 is 0. The van der Waals surface area contributed by atoms with E-state index in [4.69, 9.17) is 0 Å². The van der Waals surface area contributed by atoms with Crippen molar-refractivity contribution in [2.75, 3.05) is 25.0 Å². The number of aryl methyl sites for hydroxylation is 1. The highest BCUT2D eigenvalue weighted by molar-refractivity contribution is 5.93. The number of benzene rings is 1. The van der Waals surface area contributed by atoms with Crippen LogP contribution < -0.4 is 5.32 Å². The van der Waals surface area contributed by atoms with Crippen molar-refractivity contribution >= 4 is 11.6 Å². The van der Waals surface area contributed by atoms with Crippen LogP contribution >= 0.6 is 0 Å². The standard InChI is InChI=1S/C22H29F3N2O.C2H6/c1-15-8-18(23)10-19(9-15)26-20(28)17-11-21(12-17)13-27(14-21)7-4-16-2-5-22(24,25)6-3-16;1-2/h8-10,16-17H,2-7,11-14H2,1H3,(H,26,28);1-2H3. The predicted octanol–water partition coefficient (Wildman–Crippen LogP) is 6.03. The summed E-state index contributed by atoms with van der Waals surface area (Å²) < 4.78 is 39.9. The Kier molecular flexibility index (Phi) is 7.16. The summed E-state index contributed by atoms with van der Waals surface area (Å²) in [6.07, 6.45) is 4.17. The molecule has 1 spiro atoms. The number of hydrogen-bond donors (Lipinski definition) is 1. The van der Waals surface area contributed by atoms with Gasteiger partial charge in [-0.2, -0.15) is 0 Å². The lowest BCUT2D eigenvalue weighted by Crippen LogP contribution is -2.63. The van der Waals surface area contributed by atoms with Crippen LogP contribution in [0.15, 0.2) is 18.2 Å². The first-order valence-electron chi connectivity index (χ1n) is 11.4. The second-order valence-corrected chi connectivity index (χ2v) is 9.41. The maximum Gasteiger partial charge on any atom is 0.248 e. The van der Waals surface area contributed by atoms with Crippen LogP contribution in [0.3, 0.4) is 0 Å². The topological polar surface area (TPSA) is 32.3 Å². The summed E-state index contributed by atoms with van der Waals surface area (Å²) in [6, 6.07) is 4.57. The lowest BCUT2D eigenvalue weighted by atomic mass is 9.57. The summed E-state index contributed by atoms with van der Waals surface area (Å²) in [6.45, 7) is 8.81. The number of amides is 1. The highest BCUT2D eigenvalue weighted by atomic mass is 19.3. The molecule has 1 aromatic carbocycles. The normalized spacial score (nSPS) is 23.1. The van der Waals surface area contributed by atoms with E-state index >= 15 is 0 Å². The smallest absolute Gasteiger partial charge is 0.248 e. The number of hydrogen-bond acceptors (Lipinski definition) is 2. The first kappa shape index (κ1) is 23.1. The number of halogens is 3. The minimum absolute atomic E-state index is 0.00583. The molecular weight excluding hydrogens is 389 g/mol. The molecule has 1 amide bonds. The second kappa shape index (κ2) is 9.29. The number of carbonyl (C=O) groups excluding carboxylic acids is 1. The fourth-order valence-corrected chi connectivity index (χ4v) is 5.30. The van der Waals surface area contributed by atoms with Crippen LogP contribution in [0.4, 0.5) is 18.9 Å². The van der Waals surface area contributed by atoms with Gasteiger partial charge in [0.15, 0.2) is 0 Å². The number of alkyl halides is 2. The molecule has 2 aliphatic carbocycles. The van der Waals surface area contributed by atoms with Gasteiger partial charge in [-0.25, -0.2) is 13.2 Å². The third-order valence-corrected chi connectivity index (χ3v) is 6.85. The Hall–Kier alpha value is -1.56. The van der Waals surface area contributed by atoms with Crippen LogP contribution in [0, 0.1) is 30.0 Å². The van der Waals surface area contributed by atoms with Gasteiger partial charge in [0.2, 0.25) is 11.8 Å². The highest BCUT2D eigenvalue weighted by Crippen LogP contribution is 2.52. The number of nitrogens with one attached hydrogen (secondary N) is 1. The van der Waals surface area contributed by atoms with Crippen LogP contribution in [0.25, 0.3) is 0 Å². The van der Waals surface area contributed by atoms with E-state index in [2.05, 4.69) is 10.2 Å². The lowest BCUT2D eigenvalue weighted by molar-refractivity contribution is -0.139. The van der Waals surface area contributed by atoms with Crippen LogP contribution in [0.5, 0.6) is 0 Å². The van der Waals surface area contributed by atoms with Gasteiger partial charge in [-0.3, -0.25) is 4.79 Å². The van der Waals surface area contributed by atoms with Crippen molar-refractivity contribution in [3.63, 3.8) is 0 Å². The van der Waals surface area contributed by atoms with Gasteiger partial charge in [0, 0.05) is 37.5 Å². The number of rotatable bonds is 5. The summed E-state index contributed by atoms with van der Waals surface area (Å²) in [5, 5.41) is 2.84. The van der Waals surface area contributed by atoms with Crippen molar-refractivity contribution in [2.24, 2.45) is 17.3 Å². The molecule has 0 bridgehead atoms. The molecule has 3 fully saturated rings. The Balaban J connectivity index is 0.00000124. The van der Waals surface area contributed by atoms with Crippen LogP contribution in [0.2, 0.25) is 0 Å². The van der Waals surface area contributed by atoms with E-state index in [1.807, 2.05) is 13.8 Å². The van der Waals surface area contributed by atoms with Gasteiger partial charge < -0.3 is 10.2 Å². The zero-order chi connectivity index (χ0) is 21.9. The molecule has 1 saturated heterocycles. The third kappa shape index (κ3) is 5.57. The van der Waals surface area contributed by atoms with Crippen molar-refractivity contribution in [1.29, 1.82) is 0 Å². The van der Waals surface area contributed by atoms with E-state index in [0.717, 1.165) is 44.5 Å². The fourth-order valence-electron chi connectivity index (χ4n) is 5.30. The van der Waals surface area contributed by atoms with Crippen LogP contribution in [-0.4, -0.2) is 36.4 Å². The van der Waals surface area contributed by atoms with Crippen LogP contribution in [-0.2, 0) is 4.79 Å². The molecule has 4 rings (SSSR count). The maximum absolute atomic E-state index is 13.5. The zero-order valence-electron chi connectivity index (χ0n) is 18.4. The number of nitrogens with zero attached hydrogens (tertiary/aromatic N) is 1. The summed E-state index contributed by atoms with van der Waals surface area (Å²) in [5.74, 6) is -2.35. The molecule has 6 heteroatoms. The van der Waals surface area contributed by atoms with Crippen molar-refractivity contribution in [3.05, 3.63) is 29.6 Å². The third-order valence-electron chi connectivity index (χ3n) is 6.85. The Morgan fingerprint density at radius 2 is 1.77 bits per heavy atom. The highest BCUT2D eigenvalue weighted by Gasteiger charge is 2.54. The number of carbonyl (C=O) groups is 1. The quantitative estimate of drug-likeness (QED) is 0.626. The number of likely N-dealkylation sites (tertiary alicyclic amines) is 1. The number of anilines is 1. The van der Waals surface area contributed by atoms with Crippen molar-refractivity contribution in [3.8, 4) is 0 Å². The Morgan fingerprint density at radius 3 is 2.37 bits per heavy atom. The minimum atomic E-state index is -2.44. The maximum atomic E-state index is 13.5. The van der Waals surface area contributed by atoms with E-state index in [0.29, 0.717) is 24.4 Å². The Labute approximate surface area is 178 Å². The molecule has 2 saturated carbocycles. The summed E-state index contributed by atoms with van der Waals surface area (Å²) in [5.41, 5.74) is 1.58. The average molecular weight is 425 g/mol. The molecule has 1 heterocycles. The Bertz CT molecular complexity index is 708. The molecule has 168 valence electrons. The van der Waals surface area contributed by atoms with E-state index in [9.17, 15) is 18.0 Å². The molecule has 0 atom stereocenters. The van der Waals surface area contributed by atoms with Gasteiger partial charge in [-0.1, -0.05) is 13.8 Å². The molecule has 0 radical (unpaired) electrons. The van der Waals surface area contributed by atoms with Gasteiger partial charge in [0.1, 0.15) is 5.82 Å². The molecule has 1 aliphatic heterocycles. The zero-order valence-corrected chi connectivity index (χ0v) is 18.4. The predicted molar refractivity (Wildman–Crippen MR) is 114 cm³/mol. The second-order valence-electron chi connectivity index (χ2n) is 9.41. The SMILES string of the molecule is CC.Cc1cc(F)cc(NC(=O)C2CC3(C2)CN(CCC2CCC(F)(F)CC2)C3)c1. The first-order chi connectivity index (χ1) is 14.2. The van der Waals surface area contributed by atoms with E-state index in [-0.39, 0.29) is 35.9 Å². The van der Waals surface area contributed by atoms with Gasteiger partial charge in [0.05, 0.1) is 0 Å². The molecule has 0 unspecified atom stereocenters. The average Bonchev–Trinajstić information content (AvgIpc) is 2.61. The lowest BCUT2D eigenvalue weighted by Gasteiger charge is -2.59. The van der Waals surface area contributed by atoms with Gasteiger partial charge >= 0.3 is 0 Å². The molecule has 3 nitrogen and oxygen atoms in total. The van der Waals surface area contributed by atoms with E-state index < -0.39 is 5.92 Å². The van der Waals surface area contributed by atoms with Gasteiger partial charge in [-0.15, -0.1) is 0 Å². The van der Waals surface area contributed by atoms with E-state index in [1.54, 1.807) is 13.0 Å². The van der Waals surface area contributed by atoms with Crippen molar-refractivity contribution in [1.82, 2.24) is 4.90 Å². The summed E-state index contributed by atoms with van der Waals surface area (Å²) in [7, 11) is 0. The molecule has 0 aromatic heterocycles. The Morgan fingerprint density at radius 1 is 1.13 bits per heavy atom. The summed E-state index contributed by atoms with van der Waals surface area (Å²) in [4.78, 5) is 14.8. The van der Waals surface area contributed by atoms with Gasteiger partial charge in [-0.05, 0) is 80.7 Å². The van der Waals surface area contributed by atoms with Crippen molar-refractivity contribution in [2.45, 2.75) is 71.6 Å². The van der Waals surface area contributed by atoms with Crippen LogP contribution in [0.1, 0.15) is 64.4 Å². The van der Waals surface area contributed by atoms with E-state index in [1.165, 1.54) is 12.1 Å². The molecule has 1 N–H and O–H groups in total. The largest absolute Gasteiger partial charge is 0.326 e. The van der Waals surface area contributed by atoms with Crippen molar-refractivity contribution < 1.29 is 18.0 Å². The van der Waals surface area contributed by atoms with Gasteiger partial charge in [0.25, 0.3) is 0 Å². The minimum Gasteiger partial charge on any atom is -0.326 e. The molecule has 30 heavy (non-hydrogen) atoms. The monoisotopic (exact) mass is 424 g/mol.